The van der Waals surface area contributed by atoms with Crippen LogP contribution in [0, 0.1) is 0 Å². The summed E-state index contributed by atoms with van der Waals surface area (Å²) in [5, 5.41) is 5.07. The number of aryl methyl sites for hydroxylation is 1. The fourth-order valence-corrected chi connectivity index (χ4v) is 4.57. The molecule has 1 fully saturated rings. The smallest absolute Gasteiger partial charge is 0.261 e. The highest BCUT2D eigenvalue weighted by Crippen LogP contribution is 2.40. The van der Waals surface area contributed by atoms with Crippen LogP contribution in [0.5, 0.6) is 17.4 Å². The van der Waals surface area contributed by atoms with Crippen molar-refractivity contribution in [3.8, 4) is 17.4 Å². The number of benzene rings is 1. The van der Waals surface area contributed by atoms with Crippen molar-refractivity contribution in [2.24, 2.45) is 7.05 Å². The molecule has 9 nitrogen and oxygen atoms in total. The second-order valence-electron chi connectivity index (χ2n) is 6.65. The standard InChI is InChI=1S/C19H23N5O4S/c1-22-11-12(17(21-22)28-4)18(25)23-7-9-24(10-8-23)19-20-15-13(26-2)5-6-14(27-3)16(15)29-19/h5-6,11H,7-10H2,1-4H3. The molecule has 2 aromatic heterocycles. The first-order valence-electron chi connectivity index (χ1n) is 9.19. The van der Waals surface area contributed by atoms with Gasteiger partial charge in [0.15, 0.2) is 5.13 Å². The predicted molar refractivity (Wildman–Crippen MR) is 111 cm³/mol. The number of rotatable bonds is 5. The third-order valence-corrected chi connectivity index (χ3v) is 6.09. The summed E-state index contributed by atoms with van der Waals surface area (Å²) < 4.78 is 18.7. The summed E-state index contributed by atoms with van der Waals surface area (Å²) in [7, 11) is 6.58. The topological polar surface area (TPSA) is 82.0 Å². The van der Waals surface area contributed by atoms with E-state index in [9.17, 15) is 4.79 Å². The summed E-state index contributed by atoms with van der Waals surface area (Å²) in [5.74, 6) is 1.79. The Balaban J connectivity index is 1.52. The summed E-state index contributed by atoms with van der Waals surface area (Å²) in [4.78, 5) is 21.7. The maximum Gasteiger partial charge on any atom is 0.261 e. The van der Waals surface area contributed by atoms with Crippen molar-refractivity contribution in [3.63, 3.8) is 0 Å². The number of carbonyl (C=O) groups excluding carboxylic acids is 1. The lowest BCUT2D eigenvalue weighted by Gasteiger charge is -2.34. The Morgan fingerprint density at radius 2 is 1.72 bits per heavy atom. The van der Waals surface area contributed by atoms with E-state index in [0.717, 1.165) is 26.8 Å². The van der Waals surface area contributed by atoms with Crippen molar-refractivity contribution >= 4 is 32.6 Å². The summed E-state index contributed by atoms with van der Waals surface area (Å²) in [6, 6.07) is 3.75. The minimum Gasteiger partial charge on any atom is -0.495 e. The average molecular weight is 417 g/mol. The summed E-state index contributed by atoms with van der Waals surface area (Å²) in [6.45, 7) is 2.58. The second-order valence-corrected chi connectivity index (χ2v) is 7.63. The molecule has 4 rings (SSSR count). The highest BCUT2D eigenvalue weighted by atomic mass is 32.1. The third-order valence-electron chi connectivity index (χ3n) is 4.96. The van der Waals surface area contributed by atoms with Crippen molar-refractivity contribution < 1.29 is 19.0 Å². The molecule has 0 bridgehead atoms. The number of thiazole rings is 1. The lowest BCUT2D eigenvalue weighted by atomic mass is 10.2. The quantitative estimate of drug-likeness (QED) is 0.628. The van der Waals surface area contributed by atoms with E-state index >= 15 is 0 Å². The largest absolute Gasteiger partial charge is 0.495 e. The van der Waals surface area contributed by atoms with Gasteiger partial charge in [0.1, 0.15) is 27.3 Å². The van der Waals surface area contributed by atoms with Gasteiger partial charge in [-0.05, 0) is 12.1 Å². The van der Waals surface area contributed by atoms with Gasteiger partial charge in [0.2, 0.25) is 5.88 Å². The Hall–Kier alpha value is -3.01. The van der Waals surface area contributed by atoms with Crippen LogP contribution in [0.2, 0.25) is 0 Å². The van der Waals surface area contributed by atoms with Gasteiger partial charge in [-0.25, -0.2) is 4.98 Å². The molecular formula is C19H23N5O4S. The van der Waals surface area contributed by atoms with Crippen LogP contribution in [0.25, 0.3) is 10.2 Å². The molecule has 0 aliphatic carbocycles. The zero-order valence-corrected chi connectivity index (χ0v) is 17.7. The van der Waals surface area contributed by atoms with E-state index < -0.39 is 0 Å². The van der Waals surface area contributed by atoms with E-state index in [2.05, 4.69) is 10.00 Å². The van der Waals surface area contributed by atoms with Crippen LogP contribution in [-0.4, -0.2) is 73.1 Å². The maximum absolute atomic E-state index is 12.9. The Kier molecular flexibility index (Phi) is 5.18. The van der Waals surface area contributed by atoms with Gasteiger partial charge in [-0.3, -0.25) is 9.48 Å². The Labute approximate surface area is 172 Å². The van der Waals surface area contributed by atoms with Gasteiger partial charge in [-0.1, -0.05) is 11.3 Å². The molecule has 0 saturated carbocycles. The molecule has 10 heteroatoms. The van der Waals surface area contributed by atoms with Gasteiger partial charge >= 0.3 is 0 Å². The molecule has 0 atom stereocenters. The number of hydrogen-bond acceptors (Lipinski definition) is 8. The van der Waals surface area contributed by atoms with Crippen molar-refractivity contribution in [1.82, 2.24) is 19.7 Å². The molecule has 0 N–H and O–H groups in total. The van der Waals surface area contributed by atoms with Gasteiger partial charge < -0.3 is 24.0 Å². The maximum atomic E-state index is 12.9. The Bertz CT molecular complexity index is 998. The second kappa shape index (κ2) is 7.78. The lowest BCUT2D eigenvalue weighted by Crippen LogP contribution is -2.48. The van der Waals surface area contributed by atoms with E-state index in [1.54, 1.807) is 43.5 Å². The van der Waals surface area contributed by atoms with Gasteiger partial charge in [0, 0.05) is 39.4 Å². The lowest BCUT2D eigenvalue weighted by molar-refractivity contribution is 0.0743. The van der Waals surface area contributed by atoms with Crippen molar-refractivity contribution in [1.29, 1.82) is 0 Å². The highest BCUT2D eigenvalue weighted by molar-refractivity contribution is 7.22. The Morgan fingerprint density at radius 3 is 2.38 bits per heavy atom. The number of anilines is 1. The molecule has 1 aliphatic rings. The van der Waals surface area contributed by atoms with E-state index in [0.29, 0.717) is 37.6 Å². The van der Waals surface area contributed by atoms with E-state index in [4.69, 9.17) is 19.2 Å². The molecule has 1 saturated heterocycles. The molecule has 1 amide bonds. The molecule has 0 radical (unpaired) electrons. The number of ether oxygens (including phenoxy) is 3. The van der Waals surface area contributed by atoms with E-state index in [-0.39, 0.29) is 5.91 Å². The van der Waals surface area contributed by atoms with Crippen LogP contribution in [0.4, 0.5) is 5.13 Å². The third kappa shape index (κ3) is 3.44. The summed E-state index contributed by atoms with van der Waals surface area (Å²) in [5.41, 5.74) is 1.28. The number of aromatic nitrogens is 3. The number of methoxy groups -OCH3 is 3. The molecular weight excluding hydrogens is 394 g/mol. The molecule has 1 aromatic carbocycles. The van der Waals surface area contributed by atoms with Crippen molar-refractivity contribution in [2.75, 3.05) is 52.4 Å². The number of fused-ring (bicyclic) bond motifs is 1. The van der Waals surface area contributed by atoms with Crippen LogP contribution in [-0.2, 0) is 7.05 Å². The fraction of sp³-hybridized carbons (Fsp3) is 0.421. The molecule has 0 spiro atoms. The highest BCUT2D eigenvalue weighted by Gasteiger charge is 2.27. The molecule has 3 heterocycles. The van der Waals surface area contributed by atoms with Crippen LogP contribution in [0.3, 0.4) is 0 Å². The van der Waals surface area contributed by atoms with Crippen LogP contribution in [0.15, 0.2) is 18.3 Å². The molecule has 29 heavy (non-hydrogen) atoms. The summed E-state index contributed by atoms with van der Waals surface area (Å²) in [6.07, 6.45) is 1.69. The van der Waals surface area contributed by atoms with Crippen LogP contribution in [0.1, 0.15) is 10.4 Å². The first kappa shape index (κ1) is 19.3. The van der Waals surface area contributed by atoms with E-state index in [1.165, 1.54) is 7.11 Å². The van der Waals surface area contributed by atoms with Crippen LogP contribution < -0.4 is 19.1 Å². The normalized spacial score (nSPS) is 14.3. The number of amides is 1. The average Bonchev–Trinajstić information content (AvgIpc) is 3.36. The molecule has 1 aliphatic heterocycles. The SMILES string of the molecule is COc1nn(C)cc1C(=O)N1CCN(c2nc3c(OC)ccc(OC)c3s2)CC1. The van der Waals surface area contributed by atoms with Crippen molar-refractivity contribution in [3.05, 3.63) is 23.9 Å². The minimum atomic E-state index is -0.0674. The monoisotopic (exact) mass is 417 g/mol. The number of nitrogens with zero attached hydrogens (tertiary/aromatic N) is 5. The predicted octanol–water partition coefficient (Wildman–Crippen LogP) is 2.02. The van der Waals surface area contributed by atoms with Gasteiger partial charge in [-0.15, -0.1) is 5.10 Å². The first-order chi connectivity index (χ1) is 14.0. The number of piperazine rings is 1. The van der Waals surface area contributed by atoms with Gasteiger partial charge in [-0.2, -0.15) is 0 Å². The van der Waals surface area contributed by atoms with Crippen LogP contribution >= 0.6 is 11.3 Å². The van der Waals surface area contributed by atoms with Gasteiger partial charge in [0.25, 0.3) is 5.91 Å². The summed E-state index contributed by atoms with van der Waals surface area (Å²) >= 11 is 1.57. The minimum absolute atomic E-state index is 0.0674. The fourth-order valence-electron chi connectivity index (χ4n) is 3.45. The molecule has 154 valence electrons. The zero-order valence-electron chi connectivity index (χ0n) is 16.8. The van der Waals surface area contributed by atoms with Gasteiger partial charge in [0.05, 0.1) is 21.3 Å². The molecule has 3 aromatic rings. The number of hydrogen-bond donors (Lipinski definition) is 0. The molecule has 0 unspecified atom stereocenters. The van der Waals surface area contributed by atoms with E-state index in [1.807, 2.05) is 17.0 Å². The van der Waals surface area contributed by atoms with Crippen molar-refractivity contribution in [2.45, 2.75) is 0 Å². The number of carbonyl (C=O) groups is 1. The zero-order chi connectivity index (χ0) is 20.5. The first-order valence-corrected chi connectivity index (χ1v) is 10.0. The Morgan fingerprint density at radius 1 is 1.03 bits per heavy atom.